The number of carboxylic acids is 1. The lowest BCUT2D eigenvalue weighted by Crippen LogP contribution is -2.41. The maximum atomic E-state index is 13.6. The molecule has 0 amide bonds. The monoisotopic (exact) mass is 318 g/mol. The molecular formula is C15H15FN4O3. The number of rotatable bonds is 4. The van der Waals surface area contributed by atoms with Crippen molar-refractivity contribution in [1.82, 2.24) is 15.0 Å². The second-order valence-corrected chi connectivity index (χ2v) is 5.18. The Morgan fingerprint density at radius 3 is 2.91 bits per heavy atom. The van der Waals surface area contributed by atoms with Gasteiger partial charge in [-0.15, -0.1) is 0 Å². The molecule has 2 aromatic rings. The van der Waals surface area contributed by atoms with Crippen molar-refractivity contribution in [2.24, 2.45) is 0 Å². The highest BCUT2D eigenvalue weighted by Gasteiger charge is 2.24. The predicted octanol–water partition coefficient (Wildman–Crippen LogP) is 1.76. The molecule has 1 aliphatic rings. The highest BCUT2D eigenvalue weighted by molar-refractivity contribution is 5.84. The van der Waals surface area contributed by atoms with Crippen LogP contribution in [0.1, 0.15) is 23.3 Å². The van der Waals surface area contributed by atoms with Gasteiger partial charge in [-0.05, 0) is 25.0 Å². The van der Waals surface area contributed by atoms with Gasteiger partial charge in [-0.1, -0.05) is 0 Å². The lowest BCUT2D eigenvalue weighted by Gasteiger charge is -2.33. The summed E-state index contributed by atoms with van der Waals surface area (Å²) in [7, 11) is 0. The van der Waals surface area contributed by atoms with Crippen molar-refractivity contribution in [3.05, 3.63) is 42.2 Å². The Bertz CT molecular complexity index is 695. The number of anilines is 1. The molecule has 2 aromatic heterocycles. The first kappa shape index (κ1) is 15.1. The van der Waals surface area contributed by atoms with Crippen LogP contribution >= 0.6 is 0 Å². The summed E-state index contributed by atoms with van der Waals surface area (Å²) in [6, 6.07) is 2.81. The van der Waals surface area contributed by atoms with Gasteiger partial charge in [0, 0.05) is 12.7 Å². The average molecular weight is 318 g/mol. The van der Waals surface area contributed by atoms with E-state index >= 15 is 0 Å². The first-order valence-electron chi connectivity index (χ1n) is 7.21. The van der Waals surface area contributed by atoms with Crippen LogP contribution in [0.25, 0.3) is 0 Å². The van der Waals surface area contributed by atoms with E-state index in [0.717, 1.165) is 19.4 Å². The molecular weight excluding hydrogens is 303 g/mol. The van der Waals surface area contributed by atoms with Crippen LogP contribution in [0.15, 0.2) is 30.7 Å². The van der Waals surface area contributed by atoms with Crippen LogP contribution in [0.2, 0.25) is 0 Å². The third-order valence-corrected chi connectivity index (χ3v) is 3.56. The van der Waals surface area contributed by atoms with Crippen molar-refractivity contribution >= 4 is 11.8 Å². The zero-order chi connectivity index (χ0) is 16.2. The van der Waals surface area contributed by atoms with Gasteiger partial charge in [0.25, 0.3) is 5.88 Å². The molecule has 3 heterocycles. The zero-order valence-electron chi connectivity index (χ0n) is 12.2. The zero-order valence-corrected chi connectivity index (χ0v) is 12.2. The van der Waals surface area contributed by atoms with Crippen molar-refractivity contribution in [3.63, 3.8) is 0 Å². The van der Waals surface area contributed by atoms with Gasteiger partial charge in [-0.3, -0.25) is 0 Å². The molecule has 1 aliphatic heterocycles. The SMILES string of the molecule is O=C(O)c1cnc(N2CCCC(Oc3ncccc3F)C2)cn1. The molecule has 1 atom stereocenters. The summed E-state index contributed by atoms with van der Waals surface area (Å²) in [6.07, 6.45) is 5.55. The van der Waals surface area contributed by atoms with Gasteiger partial charge in [0.1, 0.15) is 11.9 Å². The summed E-state index contributed by atoms with van der Waals surface area (Å²) in [5.74, 6) is -1.04. The van der Waals surface area contributed by atoms with E-state index < -0.39 is 11.8 Å². The molecule has 1 fully saturated rings. The number of carboxylic acid groups (broad SMARTS) is 1. The van der Waals surface area contributed by atoms with Crippen LogP contribution in [-0.4, -0.2) is 45.2 Å². The van der Waals surface area contributed by atoms with Crippen molar-refractivity contribution < 1.29 is 19.0 Å². The lowest BCUT2D eigenvalue weighted by atomic mass is 10.1. The molecule has 23 heavy (non-hydrogen) atoms. The summed E-state index contributed by atoms with van der Waals surface area (Å²) in [4.78, 5) is 24.6. The second kappa shape index (κ2) is 6.55. The highest BCUT2D eigenvalue weighted by Crippen LogP contribution is 2.21. The van der Waals surface area contributed by atoms with E-state index in [0.29, 0.717) is 12.4 Å². The lowest BCUT2D eigenvalue weighted by molar-refractivity contribution is 0.0690. The van der Waals surface area contributed by atoms with Crippen molar-refractivity contribution in [1.29, 1.82) is 0 Å². The van der Waals surface area contributed by atoms with Crippen LogP contribution in [0.3, 0.4) is 0 Å². The normalized spacial score (nSPS) is 17.8. The predicted molar refractivity (Wildman–Crippen MR) is 79.0 cm³/mol. The van der Waals surface area contributed by atoms with Gasteiger partial charge < -0.3 is 14.7 Å². The molecule has 1 unspecified atom stereocenters. The standard InChI is InChI=1S/C15H15FN4O3/c16-11-4-1-5-17-14(11)23-10-3-2-6-20(9-10)13-8-18-12(7-19-13)15(21)22/h1,4-5,7-8,10H,2-3,6,9H2,(H,21,22). The third kappa shape index (κ3) is 3.53. The van der Waals surface area contributed by atoms with E-state index in [1.807, 2.05) is 4.90 Å². The molecule has 0 aromatic carbocycles. The Labute approximate surface area is 131 Å². The number of piperidine rings is 1. The molecule has 3 rings (SSSR count). The van der Waals surface area contributed by atoms with Crippen LogP contribution < -0.4 is 9.64 Å². The number of ether oxygens (including phenoxy) is 1. The molecule has 0 spiro atoms. The van der Waals surface area contributed by atoms with Crippen molar-refractivity contribution in [2.75, 3.05) is 18.0 Å². The fraction of sp³-hybridized carbons (Fsp3) is 0.333. The summed E-state index contributed by atoms with van der Waals surface area (Å²) < 4.78 is 19.2. The average Bonchev–Trinajstić information content (AvgIpc) is 2.57. The molecule has 120 valence electrons. The minimum absolute atomic E-state index is 0.00772. The summed E-state index contributed by atoms with van der Waals surface area (Å²) in [5, 5.41) is 8.84. The second-order valence-electron chi connectivity index (χ2n) is 5.18. The maximum absolute atomic E-state index is 13.6. The van der Waals surface area contributed by atoms with Gasteiger partial charge in [0.05, 0.1) is 18.9 Å². The Hall–Kier alpha value is -2.77. The molecule has 8 heteroatoms. The largest absolute Gasteiger partial charge is 0.476 e. The molecule has 0 saturated carbocycles. The van der Waals surface area contributed by atoms with Gasteiger partial charge in [-0.25, -0.2) is 24.1 Å². The number of aromatic carboxylic acids is 1. The van der Waals surface area contributed by atoms with Crippen molar-refractivity contribution in [3.8, 4) is 5.88 Å². The van der Waals surface area contributed by atoms with E-state index in [1.54, 1.807) is 0 Å². The van der Waals surface area contributed by atoms with E-state index in [9.17, 15) is 9.18 Å². The maximum Gasteiger partial charge on any atom is 0.356 e. The van der Waals surface area contributed by atoms with Crippen LogP contribution in [0.5, 0.6) is 5.88 Å². The van der Waals surface area contributed by atoms with Gasteiger partial charge in [-0.2, -0.15) is 0 Å². The van der Waals surface area contributed by atoms with Gasteiger partial charge in [0.2, 0.25) is 0 Å². The molecule has 0 radical (unpaired) electrons. The molecule has 7 nitrogen and oxygen atoms in total. The first-order valence-corrected chi connectivity index (χ1v) is 7.21. The molecule has 1 N–H and O–H groups in total. The van der Waals surface area contributed by atoms with Crippen LogP contribution in [0.4, 0.5) is 10.2 Å². The van der Waals surface area contributed by atoms with Gasteiger partial charge >= 0.3 is 5.97 Å². The number of pyridine rings is 1. The van der Waals surface area contributed by atoms with E-state index in [2.05, 4.69) is 15.0 Å². The first-order chi connectivity index (χ1) is 11.1. The summed E-state index contributed by atoms with van der Waals surface area (Å²) >= 11 is 0. The Morgan fingerprint density at radius 1 is 1.35 bits per heavy atom. The number of hydrogen-bond donors (Lipinski definition) is 1. The summed E-state index contributed by atoms with van der Waals surface area (Å²) in [5.41, 5.74) is -0.103. The Balaban J connectivity index is 1.68. The fourth-order valence-corrected chi connectivity index (χ4v) is 2.45. The van der Waals surface area contributed by atoms with E-state index in [4.69, 9.17) is 9.84 Å². The number of carbonyl (C=O) groups is 1. The van der Waals surface area contributed by atoms with Crippen molar-refractivity contribution in [2.45, 2.75) is 18.9 Å². The quantitative estimate of drug-likeness (QED) is 0.918. The van der Waals surface area contributed by atoms with E-state index in [-0.39, 0.29) is 17.7 Å². The van der Waals surface area contributed by atoms with Crippen LogP contribution in [-0.2, 0) is 0 Å². The number of aromatic nitrogens is 3. The fourth-order valence-electron chi connectivity index (χ4n) is 2.45. The molecule has 0 bridgehead atoms. The van der Waals surface area contributed by atoms with Gasteiger partial charge in [0.15, 0.2) is 11.5 Å². The third-order valence-electron chi connectivity index (χ3n) is 3.56. The number of nitrogens with zero attached hydrogens (tertiary/aromatic N) is 4. The summed E-state index contributed by atoms with van der Waals surface area (Å²) in [6.45, 7) is 1.27. The minimum atomic E-state index is -1.12. The minimum Gasteiger partial charge on any atom is -0.476 e. The topological polar surface area (TPSA) is 88.4 Å². The smallest absolute Gasteiger partial charge is 0.356 e. The molecule has 1 saturated heterocycles. The Morgan fingerprint density at radius 2 is 2.22 bits per heavy atom. The van der Waals surface area contributed by atoms with E-state index in [1.165, 1.54) is 30.7 Å². The number of halogens is 1. The Kier molecular flexibility index (Phi) is 4.31. The molecule has 0 aliphatic carbocycles. The highest BCUT2D eigenvalue weighted by atomic mass is 19.1. The van der Waals surface area contributed by atoms with Crippen LogP contribution in [0, 0.1) is 5.82 Å². The number of hydrogen-bond acceptors (Lipinski definition) is 6.